The van der Waals surface area contributed by atoms with Gasteiger partial charge in [-0.2, -0.15) is 0 Å². The average Bonchev–Trinajstić information content (AvgIpc) is 2.16. The molecule has 1 atom stereocenters. The van der Waals surface area contributed by atoms with Crippen LogP contribution >= 0.6 is 0 Å². The summed E-state index contributed by atoms with van der Waals surface area (Å²) >= 11 is 0. The van der Waals surface area contributed by atoms with E-state index in [9.17, 15) is 5.11 Å². The van der Waals surface area contributed by atoms with Crippen molar-refractivity contribution < 1.29 is 5.11 Å². The van der Waals surface area contributed by atoms with Crippen LogP contribution in [-0.2, 0) is 19.4 Å². The van der Waals surface area contributed by atoms with Crippen LogP contribution in [0.3, 0.4) is 0 Å². The second-order valence-corrected chi connectivity index (χ2v) is 3.55. The number of aliphatic hydroxyl groups is 1. The van der Waals surface area contributed by atoms with Gasteiger partial charge in [0.15, 0.2) is 0 Å². The first kappa shape index (κ1) is 8.66. The fourth-order valence-electron chi connectivity index (χ4n) is 1.76. The lowest BCUT2D eigenvalue weighted by Gasteiger charge is -2.19. The van der Waals surface area contributed by atoms with Crippen LogP contribution in [0.1, 0.15) is 23.2 Å². The van der Waals surface area contributed by atoms with Crippen molar-refractivity contribution in [2.45, 2.75) is 31.9 Å². The van der Waals surface area contributed by atoms with Gasteiger partial charge in [0.25, 0.3) is 0 Å². The van der Waals surface area contributed by atoms with Gasteiger partial charge in [0.1, 0.15) is 0 Å². The maximum Gasteiger partial charge on any atom is 0.0585 e. The van der Waals surface area contributed by atoms with Crippen LogP contribution in [0.25, 0.3) is 0 Å². The molecule has 0 bridgehead atoms. The molecule has 1 unspecified atom stereocenters. The molecule has 1 aliphatic carbocycles. The minimum absolute atomic E-state index is 0.192. The van der Waals surface area contributed by atoms with Crippen LogP contribution in [0.4, 0.5) is 0 Å². The van der Waals surface area contributed by atoms with Crippen molar-refractivity contribution in [3.05, 3.63) is 29.1 Å². The molecule has 3 heteroatoms. The highest BCUT2D eigenvalue weighted by atomic mass is 16.3. The first-order valence-electron chi connectivity index (χ1n) is 4.64. The van der Waals surface area contributed by atoms with Crippen LogP contribution in [0.15, 0.2) is 12.3 Å². The first-order chi connectivity index (χ1) is 6.29. The van der Waals surface area contributed by atoms with E-state index >= 15 is 0 Å². The van der Waals surface area contributed by atoms with E-state index in [2.05, 4.69) is 11.1 Å². The number of pyridine rings is 1. The van der Waals surface area contributed by atoms with Crippen LogP contribution in [0, 0.1) is 0 Å². The van der Waals surface area contributed by atoms with Gasteiger partial charge in [-0.25, -0.2) is 0 Å². The summed E-state index contributed by atoms with van der Waals surface area (Å²) < 4.78 is 0. The lowest BCUT2D eigenvalue weighted by molar-refractivity contribution is 0.157. The normalized spacial score (nSPS) is 21.2. The molecule has 0 saturated carbocycles. The number of hydrogen-bond acceptors (Lipinski definition) is 3. The van der Waals surface area contributed by atoms with Crippen molar-refractivity contribution in [2.24, 2.45) is 5.73 Å². The number of fused-ring (bicyclic) bond motifs is 1. The first-order valence-corrected chi connectivity index (χ1v) is 4.64. The minimum Gasteiger partial charge on any atom is -0.393 e. The molecule has 0 amide bonds. The Morgan fingerprint density at radius 1 is 1.62 bits per heavy atom. The van der Waals surface area contributed by atoms with Crippen molar-refractivity contribution in [3.8, 4) is 0 Å². The van der Waals surface area contributed by atoms with E-state index in [0.29, 0.717) is 6.54 Å². The molecule has 3 N–H and O–H groups in total. The molecule has 1 aliphatic rings. The highest BCUT2D eigenvalue weighted by Gasteiger charge is 2.17. The summed E-state index contributed by atoms with van der Waals surface area (Å²) in [7, 11) is 0. The zero-order valence-electron chi connectivity index (χ0n) is 7.53. The summed E-state index contributed by atoms with van der Waals surface area (Å²) in [6, 6.07) is 2.06. The Bertz CT molecular complexity index is 312. The van der Waals surface area contributed by atoms with Gasteiger partial charge in [0.2, 0.25) is 0 Å². The lowest BCUT2D eigenvalue weighted by Crippen LogP contribution is -2.20. The zero-order valence-corrected chi connectivity index (χ0v) is 7.53. The summed E-state index contributed by atoms with van der Waals surface area (Å²) in [6.07, 6.45) is 4.10. The second kappa shape index (κ2) is 3.44. The monoisotopic (exact) mass is 178 g/mol. The Morgan fingerprint density at radius 3 is 3.23 bits per heavy atom. The standard InChI is InChI=1S/C10H14N2O/c11-5-7-3-8-4-9(13)1-2-10(8)12-6-7/h3,6,9,13H,1-2,4-5,11H2. The Hall–Kier alpha value is -0.930. The summed E-state index contributed by atoms with van der Waals surface area (Å²) in [5.74, 6) is 0. The minimum atomic E-state index is -0.192. The largest absolute Gasteiger partial charge is 0.393 e. The fraction of sp³-hybridized carbons (Fsp3) is 0.500. The summed E-state index contributed by atoms with van der Waals surface area (Å²) in [5.41, 5.74) is 8.86. The van der Waals surface area contributed by atoms with Gasteiger partial charge >= 0.3 is 0 Å². The van der Waals surface area contributed by atoms with E-state index in [1.807, 2.05) is 6.20 Å². The number of aromatic nitrogens is 1. The Morgan fingerprint density at radius 2 is 2.46 bits per heavy atom. The van der Waals surface area contributed by atoms with Crippen molar-refractivity contribution in [3.63, 3.8) is 0 Å². The smallest absolute Gasteiger partial charge is 0.0585 e. The van der Waals surface area contributed by atoms with Gasteiger partial charge in [0, 0.05) is 24.9 Å². The van der Waals surface area contributed by atoms with Gasteiger partial charge in [-0.1, -0.05) is 6.07 Å². The highest BCUT2D eigenvalue weighted by Crippen LogP contribution is 2.20. The molecule has 0 fully saturated rings. The SMILES string of the molecule is NCc1cnc2c(c1)CC(O)CC2. The predicted molar refractivity (Wildman–Crippen MR) is 50.2 cm³/mol. The number of hydrogen-bond donors (Lipinski definition) is 2. The molecular formula is C10H14N2O. The van der Waals surface area contributed by atoms with Gasteiger partial charge in [-0.3, -0.25) is 4.98 Å². The molecule has 3 nitrogen and oxygen atoms in total. The molecule has 0 aromatic carbocycles. The van der Waals surface area contributed by atoms with E-state index in [4.69, 9.17) is 5.73 Å². The lowest BCUT2D eigenvalue weighted by atomic mass is 9.93. The van der Waals surface area contributed by atoms with Crippen LogP contribution in [0.5, 0.6) is 0 Å². The Labute approximate surface area is 77.6 Å². The molecular weight excluding hydrogens is 164 g/mol. The third kappa shape index (κ3) is 1.71. The summed E-state index contributed by atoms with van der Waals surface area (Å²) in [5, 5.41) is 9.46. The number of aryl methyl sites for hydroxylation is 1. The predicted octanol–water partition coefficient (Wildman–Crippen LogP) is 0.390. The van der Waals surface area contributed by atoms with Crippen LogP contribution in [0.2, 0.25) is 0 Å². The van der Waals surface area contributed by atoms with E-state index in [-0.39, 0.29) is 6.10 Å². The highest BCUT2D eigenvalue weighted by molar-refractivity contribution is 5.28. The number of nitrogens with zero attached hydrogens (tertiary/aromatic N) is 1. The molecule has 2 rings (SSSR count). The molecule has 1 heterocycles. The Balaban J connectivity index is 2.32. The molecule has 70 valence electrons. The van der Waals surface area contributed by atoms with Gasteiger partial charge in [-0.05, 0) is 24.0 Å². The molecule has 0 spiro atoms. The molecule has 0 aliphatic heterocycles. The number of aliphatic hydroxyl groups excluding tert-OH is 1. The summed E-state index contributed by atoms with van der Waals surface area (Å²) in [4.78, 5) is 4.33. The third-order valence-electron chi connectivity index (χ3n) is 2.52. The molecule has 13 heavy (non-hydrogen) atoms. The van der Waals surface area contributed by atoms with E-state index in [1.165, 1.54) is 5.56 Å². The number of rotatable bonds is 1. The van der Waals surface area contributed by atoms with Crippen molar-refractivity contribution in [2.75, 3.05) is 0 Å². The van der Waals surface area contributed by atoms with Crippen LogP contribution < -0.4 is 5.73 Å². The molecule has 0 saturated heterocycles. The van der Waals surface area contributed by atoms with E-state index in [1.54, 1.807) is 0 Å². The Kier molecular flexibility index (Phi) is 2.29. The van der Waals surface area contributed by atoms with E-state index < -0.39 is 0 Å². The van der Waals surface area contributed by atoms with Gasteiger partial charge in [-0.15, -0.1) is 0 Å². The second-order valence-electron chi connectivity index (χ2n) is 3.55. The topological polar surface area (TPSA) is 59.1 Å². The van der Waals surface area contributed by atoms with Crippen molar-refractivity contribution in [1.29, 1.82) is 0 Å². The quantitative estimate of drug-likeness (QED) is 0.654. The average molecular weight is 178 g/mol. The molecule has 1 aromatic heterocycles. The number of nitrogens with two attached hydrogens (primary N) is 1. The van der Waals surface area contributed by atoms with Crippen molar-refractivity contribution in [1.82, 2.24) is 4.98 Å². The van der Waals surface area contributed by atoms with E-state index in [0.717, 1.165) is 30.5 Å². The summed E-state index contributed by atoms with van der Waals surface area (Å²) in [6.45, 7) is 0.524. The maximum absolute atomic E-state index is 9.46. The maximum atomic E-state index is 9.46. The third-order valence-corrected chi connectivity index (χ3v) is 2.52. The van der Waals surface area contributed by atoms with Crippen LogP contribution in [-0.4, -0.2) is 16.2 Å². The fourth-order valence-corrected chi connectivity index (χ4v) is 1.76. The van der Waals surface area contributed by atoms with Gasteiger partial charge < -0.3 is 10.8 Å². The van der Waals surface area contributed by atoms with Crippen molar-refractivity contribution >= 4 is 0 Å². The molecule has 1 aromatic rings. The zero-order chi connectivity index (χ0) is 9.26. The molecule has 0 radical (unpaired) electrons. The van der Waals surface area contributed by atoms with Gasteiger partial charge in [0.05, 0.1) is 6.10 Å².